The number of carbonyl (C=O) groups excluding carboxylic acids is 1. The third-order valence-electron chi connectivity index (χ3n) is 6.03. The molecule has 9 heteroatoms. The quantitative estimate of drug-likeness (QED) is 0.527. The summed E-state index contributed by atoms with van der Waals surface area (Å²) in [6.07, 6.45) is 1.50. The van der Waals surface area contributed by atoms with Crippen LogP contribution >= 0.6 is 0 Å². The van der Waals surface area contributed by atoms with Crippen LogP contribution in [0, 0.1) is 11.6 Å². The average molecular weight is 470 g/mol. The molecule has 3 aromatic rings. The van der Waals surface area contributed by atoms with Gasteiger partial charge in [-0.2, -0.15) is 0 Å². The van der Waals surface area contributed by atoms with Gasteiger partial charge >= 0.3 is 0 Å². The Morgan fingerprint density at radius 3 is 2.56 bits per heavy atom. The number of nitrogens with one attached hydrogen (secondary N) is 2. The van der Waals surface area contributed by atoms with Crippen LogP contribution in [0.4, 0.5) is 19.0 Å². The van der Waals surface area contributed by atoms with E-state index < -0.39 is 28.9 Å². The second kappa shape index (κ2) is 8.62. The minimum Gasteiger partial charge on any atom is -0.363 e. The van der Waals surface area contributed by atoms with Crippen molar-refractivity contribution in [1.29, 1.82) is 0 Å². The molecule has 0 radical (unpaired) electrons. The molecule has 0 fully saturated rings. The molecule has 0 saturated carbocycles. The van der Waals surface area contributed by atoms with Gasteiger partial charge in [-0.3, -0.25) is 9.59 Å². The van der Waals surface area contributed by atoms with Crippen molar-refractivity contribution in [1.82, 2.24) is 14.9 Å². The van der Waals surface area contributed by atoms with Crippen LogP contribution in [0.2, 0.25) is 0 Å². The maximum absolute atomic E-state index is 15.1. The van der Waals surface area contributed by atoms with E-state index in [-0.39, 0.29) is 28.3 Å². The van der Waals surface area contributed by atoms with Crippen LogP contribution in [0.15, 0.2) is 41.3 Å². The van der Waals surface area contributed by atoms with Crippen molar-refractivity contribution >= 4 is 11.7 Å². The minimum atomic E-state index is -1.83. The normalized spacial score (nSPS) is 14.3. The summed E-state index contributed by atoms with van der Waals surface area (Å²) in [7, 11) is 0. The summed E-state index contributed by atoms with van der Waals surface area (Å²) in [5.41, 5.74) is -1.29. The molecule has 1 amide bonds. The van der Waals surface area contributed by atoms with Gasteiger partial charge < -0.3 is 15.2 Å². The topological polar surface area (TPSA) is 78.1 Å². The molecule has 4 rings (SSSR count). The summed E-state index contributed by atoms with van der Waals surface area (Å²) in [6.45, 7) is 7.02. The first-order chi connectivity index (χ1) is 16.0. The van der Waals surface area contributed by atoms with Gasteiger partial charge in [0, 0.05) is 41.1 Å². The molecule has 178 valence electrons. The molecule has 0 bridgehead atoms. The standard InChI is InChI=1S/C25H25F3N4O2/c1-5-32-12-18-15(24(32)34)6-7-29-23(18)30-13(2)16-10-20(27)17(11-19(16)26)21-8-14(25(3,4)28)9-22(33)31-21/h6-11,13H,5,12H2,1-4H3,(H,29,30)(H,31,33)/t13-/m0/s1. The maximum atomic E-state index is 15.1. The smallest absolute Gasteiger partial charge is 0.254 e. The number of pyridine rings is 2. The largest absolute Gasteiger partial charge is 0.363 e. The molecule has 1 aromatic carbocycles. The molecular weight excluding hydrogens is 445 g/mol. The predicted octanol–water partition coefficient (Wildman–Crippen LogP) is 5.07. The first kappa shape index (κ1) is 23.5. The number of hydrogen-bond acceptors (Lipinski definition) is 4. The summed E-state index contributed by atoms with van der Waals surface area (Å²) < 4.78 is 44.5. The van der Waals surface area contributed by atoms with Crippen molar-refractivity contribution in [3.05, 3.63) is 80.8 Å². The summed E-state index contributed by atoms with van der Waals surface area (Å²) in [5, 5.41) is 3.09. The molecule has 0 aliphatic carbocycles. The molecule has 0 unspecified atom stereocenters. The lowest BCUT2D eigenvalue weighted by Gasteiger charge is -2.19. The number of fused-ring (bicyclic) bond motifs is 1. The number of H-pyrrole nitrogens is 1. The molecule has 0 spiro atoms. The lowest BCUT2D eigenvalue weighted by Crippen LogP contribution is -2.22. The van der Waals surface area contributed by atoms with Gasteiger partial charge in [-0.15, -0.1) is 0 Å². The van der Waals surface area contributed by atoms with Gasteiger partial charge in [0.25, 0.3) is 5.91 Å². The summed E-state index contributed by atoms with van der Waals surface area (Å²) in [6, 6.07) is 5.38. The second-order valence-electron chi connectivity index (χ2n) is 8.84. The molecule has 3 heterocycles. The van der Waals surface area contributed by atoms with E-state index in [9.17, 15) is 14.0 Å². The van der Waals surface area contributed by atoms with Gasteiger partial charge in [0.1, 0.15) is 23.1 Å². The number of benzene rings is 1. The summed E-state index contributed by atoms with van der Waals surface area (Å²) in [4.78, 5) is 32.8. The van der Waals surface area contributed by atoms with Gasteiger partial charge in [0.2, 0.25) is 5.56 Å². The molecule has 2 N–H and O–H groups in total. The van der Waals surface area contributed by atoms with E-state index in [0.717, 1.165) is 18.2 Å². The fourth-order valence-corrected chi connectivity index (χ4v) is 4.08. The Kier molecular flexibility index (Phi) is 5.97. The predicted molar refractivity (Wildman–Crippen MR) is 123 cm³/mol. The van der Waals surface area contributed by atoms with Gasteiger partial charge in [-0.25, -0.2) is 18.2 Å². The monoisotopic (exact) mass is 470 g/mol. The first-order valence-electron chi connectivity index (χ1n) is 11.0. The molecule has 34 heavy (non-hydrogen) atoms. The van der Waals surface area contributed by atoms with E-state index in [0.29, 0.717) is 30.0 Å². The summed E-state index contributed by atoms with van der Waals surface area (Å²) >= 11 is 0. The number of rotatable bonds is 6. The van der Waals surface area contributed by atoms with Crippen molar-refractivity contribution in [2.45, 2.75) is 46.0 Å². The number of aromatic amines is 1. The Labute approximate surface area is 194 Å². The second-order valence-corrected chi connectivity index (χ2v) is 8.84. The van der Waals surface area contributed by atoms with Crippen LogP contribution in [0.5, 0.6) is 0 Å². The zero-order chi connectivity index (χ0) is 24.8. The van der Waals surface area contributed by atoms with Crippen molar-refractivity contribution in [3.8, 4) is 11.3 Å². The Morgan fingerprint density at radius 1 is 1.15 bits per heavy atom. The SMILES string of the molecule is CCN1Cc2c(ccnc2N[C@@H](C)c2cc(F)c(-c3cc(C(C)(C)F)cc(=O)[nH]3)cc2F)C1=O. The molecule has 1 aliphatic rings. The van der Waals surface area contributed by atoms with Gasteiger partial charge in [-0.1, -0.05) is 0 Å². The van der Waals surface area contributed by atoms with E-state index in [1.54, 1.807) is 17.9 Å². The van der Waals surface area contributed by atoms with Crippen molar-refractivity contribution in [3.63, 3.8) is 0 Å². The number of nitrogens with zero attached hydrogens (tertiary/aromatic N) is 2. The van der Waals surface area contributed by atoms with Crippen LogP contribution in [-0.4, -0.2) is 27.3 Å². The third-order valence-corrected chi connectivity index (χ3v) is 6.03. The van der Waals surface area contributed by atoms with Gasteiger partial charge in [0.15, 0.2) is 0 Å². The lowest BCUT2D eigenvalue weighted by atomic mass is 9.97. The third kappa shape index (κ3) is 4.30. The fraction of sp³-hybridized carbons (Fsp3) is 0.320. The highest BCUT2D eigenvalue weighted by Gasteiger charge is 2.30. The highest BCUT2D eigenvalue weighted by atomic mass is 19.1. The van der Waals surface area contributed by atoms with E-state index in [4.69, 9.17) is 0 Å². The number of aromatic nitrogens is 2. The van der Waals surface area contributed by atoms with E-state index in [1.807, 2.05) is 6.92 Å². The number of carbonyl (C=O) groups is 1. The molecule has 1 atom stereocenters. The lowest BCUT2D eigenvalue weighted by molar-refractivity contribution is 0.0787. The Balaban J connectivity index is 1.66. The average Bonchev–Trinajstić information content (AvgIpc) is 3.10. The highest BCUT2D eigenvalue weighted by Crippen LogP contribution is 2.33. The summed E-state index contributed by atoms with van der Waals surface area (Å²) in [5.74, 6) is -1.14. The van der Waals surface area contributed by atoms with Crippen molar-refractivity contribution in [2.24, 2.45) is 0 Å². The maximum Gasteiger partial charge on any atom is 0.254 e. The number of halogens is 3. The van der Waals surface area contributed by atoms with Crippen LogP contribution in [0.25, 0.3) is 11.3 Å². The Bertz CT molecular complexity index is 1330. The number of hydrogen-bond donors (Lipinski definition) is 2. The van der Waals surface area contributed by atoms with Gasteiger partial charge in [-0.05, 0) is 57.5 Å². The fourth-order valence-electron chi connectivity index (χ4n) is 4.08. The molecule has 0 saturated heterocycles. The highest BCUT2D eigenvalue weighted by molar-refractivity contribution is 5.99. The van der Waals surface area contributed by atoms with E-state index in [2.05, 4.69) is 15.3 Å². The van der Waals surface area contributed by atoms with Crippen LogP contribution < -0.4 is 10.9 Å². The van der Waals surface area contributed by atoms with Gasteiger partial charge in [0.05, 0.1) is 18.3 Å². The van der Waals surface area contributed by atoms with Crippen molar-refractivity contribution < 1.29 is 18.0 Å². The van der Waals surface area contributed by atoms with Crippen LogP contribution in [-0.2, 0) is 12.2 Å². The first-order valence-corrected chi connectivity index (χ1v) is 11.0. The Morgan fingerprint density at radius 2 is 1.88 bits per heavy atom. The van der Waals surface area contributed by atoms with Crippen LogP contribution in [0.3, 0.4) is 0 Å². The molecule has 2 aromatic heterocycles. The number of alkyl halides is 1. The number of amides is 1. The van der Waals surface area contributed by atoms with E-state index in [1.165, 1.54) is 26.1 Å². The minimum absolute atomic E-state index is 0.0162. The molecular formula is C25H25F3N4O2. The van der Waals surface area contributed by atoms with Crippen molar-refractivity contribution in [2.75, 3.05) is 11.9 Å². The van der Waals surface area contributed by atoms with Crippen LogP contribution in [0.1, 0.15) is 60.8 Å². The Hall–Kier alpha value is -3.62. The molecule has 6 nitrogen and oxygen atoms in total. The zero-order valence-electron chi connectivity index (χ0n) is 19.3. The van der Waals surface area contributed by atoms with E-state index >= 15 is 8.78 Å². The zero-order valence-corrected chi connectivity index (χ0v) is 19.3. The molecule has 1 aliphatic heterocycles. The number of anilines is 1.